The summed E-state index contributed by atoms with van der Waals surface area (Å²) >= 11 is 0. The number of carbonyl (C=O) groups is 1. The fourth-order valence-corrected chi connectivity index (χ4v) is 0.313. The fraction of sp³-hybridized carbons (Fsp3) is 0.667. The van der Waals surface area contributed by atoms with Gasteiger partial charge in [0, 0.05) is 0 Å². The van der Waals surface area contributed by atoms with Crippen molar-refractivity contribution in [3.05, 3.63) is 0 Å². The molecule has 1 unspecified atom stereocenters. The van der Waals surface area contributed by atoms with E-state index < -0.39 is 12.0 Å². The summed E-state index contributed by atoms with van der Waals surface area (Å²) in [4.78, 5) is 12.2. The van der Waals surface area contributed by atoms with E-state index in [4.69, 9.17) is 5.11 Å². The molecule has 4 heteroatoms. The molecule has 39 valence electrons. The van der Waals surface area contributed by atoms with Crippen LogP contribution in [0.4, 0.5) is 0 Å². The Kier molecular flexibility index (Phi) is 2.62. The number of rotatable bonds is 1. The topological polar surface area (TPSA) is 49.3 Å². The van der Waals surface area contributed by atoms with Crippen molar-refractivity contribution in [1.82, 2.24) is 4.98 Å². The fourth-order valence-electron chi connectivity index (χ4n) is 0.104. The van der Waals surface area contributed by atoms with E-state index in [2.05, 4.69) is 15.4 Å². The molecular weight excluding hydrogens is 110 g/mol. The van der Waals surface area contributed by atoms with Crippen LogP contribution in [0.2, 0.25) is 0 Å². The number of carbonyl (C=O) groups excluding carboxylic acids is 1. The number of nitrogens with one attached hydrogen (secondary N) is 1. The highest BCUT2D eigenvalue weighted by molar-refractivity contribution is 6.14. The maximum atomic E-state index is 10.1. The zero-order chi connectivity index (χ0) is 5.86. The molecule has 0 rings (SSSR count). The van der Waals surface area contributed by atoms with Crippen LogP contribution >= 0.6 is 0 Å². The van der Waals surface area contributed by atoms with Gasteiger partial charge in [0.25, 0.3) is 0 Å². The third-order valence-electron chi connectivity index (χ3n) is 0.503. The lowest BCUT2D eigenvalue weighted by molar-refractivity contribution is -0.126. The van der Waals surface area contributed by atoms with Gasteiger partial charge in [0.2, 0.25) is 5.91 Å². The van der Waals surface area contributed by atoms with Gasteiger partial charge >= 0.3 is 0 Å². The summed E-state index contributed by atoms with van der Waals surface area (Å²) < 4.78 is 0. The van der Waals surface area contributed by atoms with Crippen LogP contribution in [-0.4, -0.2) is 27.5 Å². The summed E-state index contributed by atoms with van der Waals surface area (Å²) in [5.74, 6) is -0.434. The zero-order valence-electron chi connectivity index (χ0n) is 3.93. The monoisotopic (exact) mass is 116 g/mol. The van der Waals surface area contributed by atoms with Crippen LogP contribution in [0, 0.1) is 0 Å². The Hall–Kier alpha value is -0.353. The highest BCUT2D eigenvalue weighted by Gasteiger charge is 2.02. The summed E-state index contributed by atoms with van der Waals surface area (Å²) in [6, 6.07) is 0. The summed E-state index contributed by atoms with van der Waals surface area (Å²) in [5.41, 5.74) is 0. The lowest BCUT2D eigenvalue weighted by Gasteiger charge is -1.97. The Labute approximate surface area is 45.2 Å². The van der Waals surface area contributed by atoms with Crippen molar-refractivity contribution in [3.8, 4) is 0 Å². The molecule has 0 aliphatic rings. The maximum absolute atomic E-state index is 10.1. The highest BCUT2D eigenvalue weighted by Crippen LogP contribution is 1.73. The molecule has 0 heterocycles. The summed E-state index contributed by atoms with van der Waals surface area (Å²) in [6.07, 6.45) is -0.933. The van der Waals surface area contributed by atoms with Gasteiger partial charge in [-0.3, -0.25) is 4.79 Å². The van der Waals surface area contributed by atoms with Crippen molar-refractivity contribution in [2.75, 3.05) is 0 Å². The minimum atomic E-state index is -0.933. The van der Waals surface area contributed by atoms with E-state index in [0.717, 1.165) is 0 Å². The molecule has 1 amide bonds. The Morgan fingerprint density at radius 3 is 2.43 bits per heavy atom. The number of hydrogen-bond donors (Lipinski definition) is 2. The van der Waals surface area contributed by atoms with Crippen molar-refractivity contribution in [2.45, 2.75) is 13.0 Å². The van der Waals surface area contributed by atoms with Gasteiger partial charge < -0.3 is 10.1 Å². The minimum Gasteiger partial charge on any atom is -0.384 e. The molecule has 0 fully saturated rings. The van der Waals surface area contributed by atoms with Gasteiger partial charge in [-0.2, -0.15) is 0 Å². The van der Waals surface area contributed by atoms with E-state index >= 15 is 0 Å². The quantitative estimate of drug-likeness (QED) is 0.412. The molecule has 0 saturated carbocycles. The molecule has 0 aliphatic heterocycles. The molecule has 7 heavy (non-hydrogen) atoms. The predicted octanol–water partition coefficient (Wildman–Crippen LogP) is -1.43. The smallest absolute Gasteiger partial charge is 0.240 e. The second-order valence-electron chi connectivity index (χ2n) is 1.17. The second-order valence-corrected chi connectivity index (χ2v) is 1.42. The van der Waals surface area contributed by atoms with E-state index in [0.29, 0.717) is 0 Å². The number of amides is 1. The van der Waals surface area contributed by atoms with Crippen LogP contribution < -0.4 is 4.98 Å². The summed E-state index contributed by atoms with van der Waals surface area (Å²) in [7, 11) is 2.70. The minimum absolute atomic E-state index is 0.434. The Balaban J connectivity index is 3.35. The van der Waals surface area contributed by atoms with Crippen molar-refractivity contribution in [3.63, 3.8) is 0 Å². The second kappa shape index (κ2) is 2.76. The average molecular weight is 116 g/mol. The van der Waals surface area contributed by atoms with Crippen LogP contribution in [0.3, 0.4) is 0 Å². The van der Waals surface area contributed by atoms with Crippen LogP contribution in [0.5, 0.6) is 0 Å². The lowest BCUT2D eigenvalue weighted by atomic mass is 10.4. The molecule has 0 aromatic heterocycles. The Bertz CT molecular complexity index is 73.3. The number of aliphatic hydroxyl groups is 1. The molecule has 2 N–H and O–H groups in total. The van der Waals surface area contributed by atoms with Gasteiger partial charge in [0.15, 0.2) is 10.4 Å². The number of aliphatic hydroxyl groups excluding tert-OH is 1. The molecule has 0 bridgehead atoms. The van der Waals surface area contributed by atoms with Gasteiger partial charge in [-0.15, -0.1) is 0 Å². The van der Waals surface area contributed by atoms with E-state index in [-0.39, 0.29) is 0 Å². The molecule has 3 nitrogen and oxygen atoms in total. The summed E-state index contributed by atoms with van der Waals surface area (Å²) in [6.45, 7) is 1.38. The first-order valence-corrected chi connectivity index (χ1v) is 2.33. The number of hydrogen-bond acceptors (Lipinski definition) is 2. The first-order valence-electron chi connectivity index (χ1n) is 1.83. The Morgan fingerprint density at radius 1 is 2.00 bits per heavy atom. The van der Waals surface area contributed by atoms with Crippen LogP contribution in [0.1, 0.15) is 6.92 Å². The normalized spacial score (nSPS) is 13.0. The molecular formula is C3H6NO2Si. The van der Waals surface area contributed by atoms with E-state index in [9.17, 15) is 4.79 Å². The van der Waals surface area contributed by atoms with Gasteiger partial charge in [-0.05, 0) is 6.92 Å². The molecule has 0 aliphatic carbocycles. The zero-order valence-corrected chi connectivity index (χ0v) is 4.93. The molecule has 0 saturated heterocycles. The van der Waals surface area contributed by atoms with Gasteiger partial charge in [0.1, 0.15) is 6.10 Å². The van der Waals surface area contributed by atoms with Crippen molar-refractivity contribution in [2.24, 2.45) is 0 Å². The first-order chi connectivity index (χ1) is 3.18. The molecule has 3 radical (unpaired) electrons. The third kappa shape index (κ3) is 2.36. The Morgan fingerprint density at radius 2 is 2.43 bits per heavy atom. The average Bonchev–Trinajstić information content (AvgIpc) is 1.65. The standard InChI is InChI=1S/C3H6NO2Si/c1-2(5)3(6)4-7/h2,5H,1H3,(H,4,6). The van der Waals surface area contributed by atoms with Gasteiger partial charge in [-0.25, -0.2) is 0 Å². The molecule has 0 spiro atoms. The van der Waals surface area contributed by atoms with E-state index in [1.54, 1.807) is 0 Å². The largest absolute Gasteiger partial charge is 0.384 e. The van der Waals surface area contributed by atoms with Crippen LogP contribution in [0.15, 0.2) is 0 Å². The van der Waals surface area contributed by atoms with Crippen LogP contribution in [-0.2, 0) is 4.79 Å². The van der Waals surface area contributed by atoms with Crippen molar-refractivity contribution >= 4 is 16.3 Å². The summed E-state index contributed by atoms with van der Waals surface area (Å²) in [5, 5.41) is 8.38. The predicted molar refractivity (Wildman–Crippen MR) is 25.6 cm³/mol. The maximum Gasteiger partial charge on any atom is 0.240 e. The van der Waals surface area contributed by atoms with Crippen LogP contribution in [0.25, 0.3) is 0 Å². The first kappa shape index (κ1) is 6.65. The van der Waals surface area contributed by atoms with Crippen molar-refractivity contribution in [1.29, 1.82) is 0 Å². The molecule has 1 atom stereocenters. The lowest BCUT2D eigenvalue weighted by Crippen LogP contribution is -2.30. The third-order valence-corrected chi connectivity index (χ3v) is 0.749. The SMILES string of the molecule is CC(O)C(=O)N[Si]. The highest BCUT2D eigenvalue weighted by atomic mass is 28.2. The van der Waals surface area contributed by atoms with E-state index in [1.807, 2.05) is 0 Å². The van der Waals surface area contributed by atoms with E-state index in [1.165, 1.54) is 6.92 Å². The van der Waals surface area contributed by atoms with Gasteiger partial charge in [0.05, 0.1) is 0 Å². The van der Waals surface area contributed by atoms with Gasteiger partial charge in [-0.1, -0.05) is 0 Å². The molecule has 0 aromatic rings. The van der Waals surface area contributed by atoms with Crippen molar-refractivity contribution < 1.29 is 9.90 Å². The molecule has 0 aromatic carbocycles.